The number of hydrogen-bond donors (Lipinski definition) is 2. The molecule has 1 aromatic carbocycles. The van der Waals surface area contributed by atoms with Gasteiger partial charge in [-0.25, -0.2) is 8.78 Å². The Labute approximate surface area is 104 Å². The van der Waals surface area contributed by atoms with Crippen molar-refractivity contribution in [1.82, 2.24) is 5.32 Å². The summed E-state index contributed by atoms with van der Waals surface area (Å²) >= 11 is 0. The van der Waals surface area contributed by atoms with Gasteiger partial charge in [0.25, 0.3) is 0 Å². The monoisotopic (exact) mass is 258 g/mol. The van der Waals surface area contributed by atoms with Crippen LogP contribution in [0.2, 0.25) is 0 Å². The number of halogens is 2. The van der Waals surface area contributed by atoms with Crippen LogP contribution < -0.4 is 10.2 Å². The zero-order valence-electron chi connectivity index (χ0n) is 10.3. The molecule has 1 rings (SSSR count). The Balaban J connectivity index is 3.09. The van der Waals surface area contributed by atoms with Gasteiger partial charge in [-0.15, -0.1) is 0 Å². The quantitative estimate of drug-likeness (QED) is 0.829. The summed E-state index contributed by atoms with van der Waals surface area (Å²) in [6.07, 6.45) is 0. The van der Waals surface area contributed by atoms with E-state index in [0.29, 0.717) is 6.54 Å². The molecule has 0 aliphatic heterocycles. The Bertz CT molecular complexity index is 415. The minimum atomic E-state index is -0.787. The van der Waals surface area contributed by atoms with Gasteiger partial charge in [0.15, 0.2) is 0 Å². The second-order valence-corrected chi connectivity index (χ2v) is 3.75. The van der Waals surface area contributed by atoms with Crippen LogP contribution in [-0.4, -0.2) is 31.2 Å². The van der Waals surface area contributed by atoms with Crippen molar-refractivity contribution in [2.45, 2.75) is 13.5 Å². The fraction of sp³-hybridized carbons (Fsp3) is 0.417. The number of likely N-dealkylation sites (N-methyl/N-ethyl adjacent to an activating group) is 2. The zero-order chi connectivity index (χ0) is 13.7. The SMILES string of the molecule is CCN(CC(=O)NC)c1c(F)cc(CO)cc1F. The minimum absolute atomic E-state index is 0.126. The third-order valence-electron chi connectivity index (χ3n) is 2.57. The van der Waals surface area contributed by atoms with Gasteiger partial charge in [0.2, 0.25) is 5.91 Å². The first-order chi connectivity index (χ1) is 8.53. The third kappa shape index (κ3) is 3.16. The first-order valence-electron chi connectivity index (χ1n) is 5.57. The number of amides is 1. The maximum Gasteiger partial charge on any atom is 0.239 e. The van der Waals surface area contributed by atoms with Crippen LogP contribution in [0.3, 0.4) is 0 Å². The van der Waals surface area contributed by atoms with Crippen LogP contribution in [0.4, 0.5) is 14.5 Å². The van der Waals surface area contributed by atoms with Crippen LogP contribution >= 0.6 is 0 Å². The number of aliphatic hydroxyl groups excluding tert-OH is 1. The summed E-state index contributed by atoms with van der Waals surface area (Å²) in [5.41, 5.74) is -0.0944. The first kappa shape index (κ1) is 14.4. The summed E-state index contributed by atoms with van der Waals surface area (Å²) in [5.74, 6) is -1.91. The smallest absolute Gasteiger partial charge is 0.239 e. The van der Waals surface area contributed by atoms with Gasteiger partial charge in [-0.2, -0.15) is 0 Å². The van der Waals surface area contributed by atoms with Crippen LogP contribution in [0.5, 0.6) is 0 Å². The topological polar surface area (TPSA) is 52.6 Å². The highest BCUT2D eigenvalue weighted by Gasteiger charge is 2.18. The summed E-state index contributed by atoms with van der Waals surface area (Å²) in [5, 5.41) is 11.2. The van der Waals surface area contributed by atoms with E-state index in [9.17, 15) is 13.6 Å². The fourth-order valence-electron chi connectivity index (χ4n) is 1.61. The Morgan fingerprint density at radius 2 is 1.94 bits per heavy atom. The van der Waals surface area contributed by atoms with E-state index in [2.05, 4.69) is 5.32 Å². The number of rotatable bonds is 5. The van der Waals surface area contributed by atoms with Crippen molar-refractivity contribution >= 4 is 11.6 Å². The van der Waals surface area contributed by atoms with Crippen molar-refractivity contribution in [1.29, 1.82) is 0 Å². The number of anilines is 1. The molecule has 1 amide bonds. The fourth-order valence-corrected chi connectivity index (χ4v) is 1.61. The van der Waals surface area contributed by atoms with Gasteiger partial charge in [-0.1, -0.05) is 0 Å². The second kappa shape index (κ2) is 6.30. The van der Waals surface area contributed by atoms with Crippen LogP contribution in [0, 0.1) is 11.6 Å². The lowest BCUT2D eigenvalue weighted by atomic mass is 10.1. The van der Waals surface area contributed by atoms with E-state index < -0.39 is 18.2 Å². The number of hydrogen-bond acceptors (Lipinski definition) is 3. The zero-order valence-corrected chi connectivity index (χ0v) is 10.3. The standard InChI is InChI=1S/C12H16F2N2O2/c1-3-16(6-11(18)15-2)12-9(13)4-8(7-17)5-10(12)14/h4-5,17H,3,6-7H2,1-2H3,(H,15,18). The molecule has 0 unspecified atom stereocenters. The molecule has 4 nitrogen and oxygen atoms in total. The van der Waals surface area contributed by atoms with E-state index in [0.717, 1.165) is 12.1 Å². The molecule has 0 radical (unpaired) electrons. The number of nitrogens with one attached hydrogen (secondary N) is 1. The lowest BCUT2D eigenvalue weighted by Gasteiger charge is -2.23. The first-order valence-corrected chi connectivity index (χ1v) is 5.57. The Morgan fingerprint density at radius 1 is 1.39 bits per heavy atom. The summed E-state index contributed by atoms with van der Waals surface area (Å²) in [6.45, 7) is 1.43. The van der Waals surface area contributed by atoms with Gasteiger partial charge in [0.05, 0.1) is 13.2 Å². The highest BCUT2D eigenvalue weighted by Crippen LogP contribution is 2.24. The normalized spacial score (nSPS) is 10.3. The van der Waals surface area contributed by atoms with Crippen LogP contribution in [0.25, 0.3) is 0 Å². The predicted octanol–water partition coefficient (Wildman–Crippen LogP) is 1.03. The number of benzene rings is 1. The Kier molecular flexibility index (Phi) is 5.03. The van der Waals surface area contributed by atoms with Crippen LogP contribution in [0.1, 0.15) is 12.5 Å². The van der Waals surface area contributed by atoms with Crippen LogP contribution in [0.15, 0.2) is 12.1 Å². The van der Waals surface area contributed by atoms with Gasteiger partial charge in [0, 0.05) is 13.6 Å². The summed E-state index contributed by atoms with van der Waals surface area (Å²) in [4.78, 5) is 12.6. The molecular formula is C12H16F2N2O2. The van der Waals surface area contributed by atoms with E-state index in [-0.39, 0.29) is 23.7 Å². The number of nitrogens with zero attached hydrogens (tertiary/aromatic N) is 1. The van der Waals surface area contributed by atoms with Crippen molar-refractivity contribution < 1.29 is 18.7 Å². The Morgan fingerprint density at radius 3 is 2.33 bits per heavy atom. The molecule has 2 N–H and O–H groups in total. The predicted molar refractivity (Wildman–Crippen MR) is 64.2 cm³/mol. The third-order valence-corrected chi connectivity index (χ3v) is 2.57. The van der Waals surface area contributed by atoms with Gasteiger partial charge < -0.3 is 15.3 Å². The molecule has 0 heterocycles. The molecule has 18 heavy (non-hydrogen) atoms. The van der Waals surface area contributed by atoms with Crippen molar-refractivity contribution in [3.8, 4) is 0 Å². The molecule has 6 heteroatoms. The highest BCUT2D eigenvalue weighted by atomic mass is 19.1. The van der Waals surface area contributed by atoms with Crippen LogP contribution in [-0.2, 0) is 11.4 Å². The molecule has 0 fully saturated rings. The molecule has 0 saturated heterocycles. The van der Waals surface area contributed by atoms with E-state index >= 15 is 0 Å². The van der Waals surface area contributed by atoms with Crippen molar-refractivity contribution in [2.75, 3.05) is 25.0 Å². The highest BCUT2D eigenvalue weighted by molar-refractivity contribution is 5.81. The van der Waals surface area contributed by atoms with Gasteiger partial charge in [-0.05, 0) is 24.6 Å². The van der Waals surface area contributed by atoms with Crippen molar-refractivity contribution in [3.05, 3.63) is 29.3 Å². The number of carbonyl (C=O) groups excluding carboxylic acids is 1. The van der Waals surface area contributed by atoms with Gasteiger partial charge in [-0.3, -0.25) is 4.79 Å². The lowest BCUT2D eigenvalue weighted by molar-refractivity contribution is -0.119. The molecule has 0 bridgehead atoms. The molecule has 0 saturated carbocycles. The minimum Gasteiger partial charge on any atom is -0.392 e. The molecule has 0 aliphatic rings. The molecule has 0 aromatic heterocycles. The van der Waals surface area contributed by atoms with E-state index in [1.165, 1.54) is 11.9 Å². The maximum atomic E-state index is 13.8. The Hall–Kier alpha value is -1.69. The number of carbonyl (C=O) groups is 1. The maximum absolute atomic E-state index is 13.8. The number of aliphatic hydroxyl groups is 1. The second-order valence-electron chi connectivity index (χ2n) is 3.75. The van der Waals surface area contributed by atoms with E-state index in [4.69, 9.17) is 5.11 Å². The van der Waals surface area contributed by atoms with E-state index in [1.807, 2.05) is 0 Å². The summed E-state index contributed by atoms with van der Waals surface area (Å²) < 4.78 is 27.5. The molecule has 0 aliphatic carbocycles. The van der Waals surface area contributed by atoms with Crippen molar-refractivity contribution in [2.24, 2.45) is 0 Å². The molecule has 0 atom stereocenters. The molecular weight excluding hydrogens is 242 g/mol. The average Bonchev–Trinajstić information content (AvgIpc) is 2.35. The summed E-state index contributed by atoms with van der Waals surface area (Å²) in [7, 11) is 1.46. The average molecular weight is 258 g/mol. The lowest BCUT2D eigenvalue weighted by Crippen LogP contribution is -2.36. The molecule has 100 valence electrons. The summed E-state index contributed by atoms with van der Waals surface area (Å²) in [6, 6.07) is 2.12. The van der Waals surface area contributed by atoms with Gasteiger partial charge in [0.1, 0.15) is 17.3 Å². The van der Waals surface area contributed by atoms with Crippen molar-refractivity contribution in [3.63, 3.8) is 0 Å². The molecule has 1 aromatic rings. The van der Waals surface area contributed by atoms with E-state index in [1.54, 1.807) is 6.92 Å². The van der Waals surface area contributed by atoms with Gasteiger partial charge >= 0.3 is 0 Å². The molecule has 0 spiro atoms. The largest absolute Gasteiger partial charge is 0.392 e.